The van der Waals surface area contributed by atoms with Crippen molar-refractivity contribution in [3.8, 4) is 17.2 Å². The zero-order valence-electron chi connectivity index (χ0n) is 18.5. The molecule has 1 spiro atoms. The number of carbonyl (C=O) groups excluding carboxylic acids is 3. The van der Waals surface area contributed by atoms with Gasteiger partial charge in [0.05, 0.1) is 7.11 Å². The third kappa shape index (κ3) is 3.63. The van der Waals surface area contributed by atoms with Gasteiger partial charge in [0.25, 0.3) is 11.7 Å². The molecule has 9 nitrogen and oxygen atoms in total. The number of hydrogen-bond donors (Lipinski definition) is 2. The van der Waals surface area contributed by atoms with Crippen molar-refractivity contribution >= 4 is 23.5 Å². The summed E-state index contributed by atoms with van der Waals surface area (Å²) in [5.41, 5.74) is -0.165. The molecule has 0 radical (unpaired) electrons. The van der Waals surface area contributed by atoms with Gasteiger partial charge >= 0.3 is 6.03 Å². The van der Waals surface area contributed by atoms with Gasteiger partial charge in [-0.15, -0.1) is 0 Å². The van der Waals surface area contributed by atoms with E-state index in [4.69, 9.17) is 14.2 Å². The Morgan fingerprint density at radius 2 is 1.79 bits per heavy atom. The largest absolute Gasteiger partial charge is 0.497 e. The van der Waals surface area contributed by atoms with Gasteiger partial charge in [-0.25, -0.2) is 4.79 Å². The number of amides is 4. The van der Waals surface area contributed by atoms with E-state index in [1.807, 2.05) is 0 Å². The van der Waals surface area contributed by atoms with Gasteiger partial charge in [-0.1, -0.05) is 12.1 Å². The molecular weight excluding hydrogens is 426 g/mol. The van der Waals surface area contributed by atoms with Gasteiger partial charge < -0.3 is 24.8 Å². The number of ether oxygens (including phenoxy) is 3. The molecule has 1 unspecified atom stereocenters. The number of carbonyl (C=O) groups is 3. The fourth-order valence-corrected chi connectivity index (χ4v) is 4.59. The highest BCUT2D eigenvalue weighted by molar-refractivity contribution is 6.10. The number of benzene rings is 2. The lowest BCUT2D eigenvalue weighted by Crippen LogP contribution is -2.42. The summed E-state index contributed by atoms with van der Waals surface area (Å²) in [7, 11) is 1.55. The van der Waals surface area contributed by atoms with Crippen molar-refractivity contribution in [1.29, 1.82) is 0 Å². The Labute approximate surface area is 191 Å². The van der Waals surface area contributed by atoms with Crippen molar-refractivity contribution in [2.24, 2.45) is 0 Å². The van der Waals surface area contributed by atoms with Crippen LogP contribution in [-0.2, 0) is 15.1 Å². The van der Waals surface area contributed by atoms with Gasteiger partial charge in [-0.2, -0.15) is 0 Å². The number of methoxy groups -OCH3 is 1. The first-order valence-electron chi connectivity index (χ1n) is 10.9. The van der Waals surface area contributed by atoms with Crippen molar-refractivity contribution in [1.82, 2.24) is 10.2 Å². The van der Waals surface area contributed by atoms with E-state index in [-0.39, 0.29) is 0 Å². The van der Waals surface area contributed by atoms with Crippen LogP contribution < -0.4 is 24.8 Å². The molecule has 1 saturated carbocycles. The molecule has 1 saturated heterocycles. The standard InChI is InChI=1S/C24H25N3O6/c1-23(15-5-8-17(31-2)9-6-15)21(29)27(22(30)26-23)14-20(28)25-16-7-10-18-19(13-16)33-24(32-18)11-3-4-12-24/h5-10,13H,3-4,11-12,14H2,1-2H3,(H,25,28)(H,26,30). The maximum atomic E-state index is 13.1. The normalized spacial score (nSPS) is 22.5. The number of fused-ring (bicyclic) bond motifs is 1. The van der Waals surface area contributed by atoms with Crippen LogP contribution in [-0.4, -0.2) is 42.2 Å². The molecule has 2 aliphatic heterocycles. The van der Waals surface area contributed by atoms with Crippen molar-refractivity contribution in [3.05, 3.63) is 48.0 Å². The Morgan fingerprint density at radius 3 is 2.48 bits per heavy atom. The summed E-state index contributed by atoms with van der Waals surface area (Å²) in [6.07, 6.45) is 3.78. The zero-order chi connectivity index (χ0) is 23.2. The summed E-state index contributed by atoms with van der Waals surface area (Å²) in [5, 5.41) is 5.43. The fraction of sp³-hybridized carbons (Fsp3) is 0.375. The quantitative estimate of drug-likeness (QED) is 0.677. The lowest BCUT2D eigenvalue weighted by molar-refractivity contribution is -0.133. The predicted molar refractivity (Wildman–Crippen MR) is 118 cm³/mol. The smallest absolute Gasteiger partial charge is 0.325 e. The highest BCUT2D eigenvalue weighted by Crippen LogP contribution is 2.47. The van der Waals surface area contributed by atoms with E-state index in [2.05, 4.69) is 10.6 Å². The second-order valence-electron chi connectivity index (χ2n) is 8.71. The summed E-state index contributed by atoms with van der Waals surface area (Å²) in [4.78, 5) is 39.2. The zero-order valence-corrected chi connectivity index (χ0v) is 18.5. The molecule has 9 heteroatoms. The summed E-state index contributed by atoms with van der Waals surface area (Å²) < 4.78 is 17.2. The van der Waals surface area contributed by atoms with E-state index >= 15 is 0 Å². The molecule has 2 N–H and O–H groups in total. The Balaban J connectivity index is 1.26. The minimum absolute atomic E-state index is 0.408. The van der Waals surface area contributed by atoms with Gasteiger partial charge in [0, 0.05) is 24.6 Å². The molecule has 172 valence electrons. The molecule has 3 aliphatic rings. The van der Waals surface area contributed by atoms with Crippen molar-refractivity contribution < 1.29 is 28.6 Å². The molecule has 5 rings (SSSR count). The number of rotatable bonds is 5. The number of urea groups is 1. The van der Waals surface area contributed by atoms with Gasteiger partial charge in [-0.05, 0) is 49.6 Å². The molecule has 1 atom stereocenters. The Bertz CT molecular complexity index is 1130. The topological polar surface area (TPSA) is 106 Å². The van der Waals surface area contributed by atoms with E-state index < -0.39 is 35.7 Å². The van der Waals surface area contributed by atoms with Crippen molar-refractivity contribution in [3.63, 3.8) is 0 Å². The van der Waals surface area contributed by atoms with Crippen LogP contribution in [0.4, 0.5) is 10.5 Å². The van der Waals surface area contributed by atoms with E-state index in [0.717, 1.165) is 30.6 Å². The number of nitrogens with zero attached hydrogens (tertiary/aromatic N) is 1. The van der Waals surface area contributed by atoms with Gasteiger partial charge in [0.2, 0.25) is 5.91 Å². The molecule has 4 amide bonds. The van der Waals surface area contributed by atoms with Crippen LogP contribution >= 0.6 is 0 Å². The minimum Gasteiger partial charge on any atom is -0.497 e. The average molecular weight is 451 g/mol. The van der Waals surface area contributed by atoms with Crippen LogP contribution in [0.2, 0.25) is 0 Å². The Kier molecular flexibility index (Phi) is 4.92. The summed E-state index contributed by atoms with van der Waals surface area (Å²) in [6, 6.07) is 11.4. The molecule has 0 bridgehead atoms. The number of nitrogens with one attached hydrogen (secondary N) is 2. The van der Waals surface area contributed by atoms with Crippen LogP contribution in [0.5, 0.6) is 17.2 Å². The fourth-order valence-electron chi connectivity index (χ4n) is 4.59. The summed E-state index contributed by atoms with van der Waals surface area (Å²) in [6.45, 7) is 1.21. The summed E-state index contributed by atoms with van der Waals surface area (Å²) in [5.74, 6) is 0.291. The maximum absolute atomic E-state index is 13.1. The lowest BCUT2D eigenvalue weighted by Gasteiger charge is -2.22. The number of anilines is 1. The molecule has 33 heavy (non-hydrogen) atoms. The van der Waals surface area contributed by atoms with Gasteiger partial charge in [-0.3, -0.25) is 14.5 Å². The second kappa shape index (κ2) is 7.68. The third-order valence-corrected chi connectivity index (χ3v) is 6.43. The molecule has 2 heterocycles. The average Bonchev–Trinajstić information content (AvgIpc) is 3.47. The van der Waals surface area contributed by atoms with Crippen LogP contribution in [0.15, 0.2) is 42.5 Å². The number of hydrogen-bond acceptors (Lipinski definition) is 6. The minimum atomic E-state index is -1.27. The van der Waals surface area contributed by atoms with E-state index in [9.17, 15) is 14.4 Å². The number of imide groups is 1. The van der Waals surface area contributed by atoms with E-state index in [1.165, 1.54) is 0 Å². The van der Waals surface area contributed by atoms with E-state index in [0.29, 0.717) is 28.5 Å². The van der Waals surface area contributed by atoms with Gasteiger partial charge in [0.15, 0.2) is 11.5 Å². The van der Waals surface area contributed by atoms with Crippen LogP contribution in [0.1, 0.15) is 38.2 Å². The summed E-state index contributed by atoms with van der Waals surface area (Å²) >= 11 is 0. The van der Waals surface area contributed by atoms with Crippen LogP contribution in [0.25, 0.3) is 0 Å². The SMILES string of the molecule is COc1ccc(C2(C)NC(=O)N(CC(=O)Nc3ccc4c(c3)OC3(CCCC3)O4)C2=O)cc1. The first-order chi connectivity index (χ1) is 15.8. The molecule has 2 aromatic carbocycles. The first-order valence-corrected chi connectivity index (χ1v) is 10.9. The molecule has 0 aromatic heterocycles. The monoisotopic (exact) mass is 451 g/mol. The lowest BCUT2D eigenvalue weighted by atomic mass is 9.92. The Morgan fingerprint density at radius 1 is 1.09 bits per heavy atom. The first kappa shape index (κ1) is 21.1. The molecule has 2 fully saturated rings. The highest BCUT2D eigenvalue weighted by Gasteiger charge is 2.49. The Hall–Kier alpha value is -3.75. The van der Waals surface area contributed by atoms with E-state index in [1.54, 1.807) is 56.5 Å². The predicted octanol–water partition coefficient (Wildman–Crippen LogP) is 3.14. The van der Waals surface area contributed by atoms with Crippen LogP contribution in [0, 0.1) is 0 Å². The molecular formula is C24H25N3O6. The maximum Gasteiger partial charge on any atom is 0.325 e. The van der Waals surface area contributed by atoms with Crippen molar-refractivity contribution in [2.45, 2.75) is 43.9 Å². The highest BCUT2D eigenvalue weighted by atomic mass is 16.7. The van der Waals surface area contributed by atoms with Gasteiger partial charge in [0.1, 0.15) is 17.8 Å². The second-order valence-corrected chi connectivity index (χ2v) is 8.71. The van der Waals surface area contributed by atoms with Crippen LogP contribution in [0.3, 0.4) is 0 Å². The molecule has 1 aliphatic carbocycles. The van der Waals surface area contributed by atoms with Crippen molar-refractivity contribution in [2.75, 3.05) is 19.0 Å². The molecule has 2 aromatic rings. The third-order valence-electron chi connectivity index (χ3n) is 6.43.